The summed E-state index contributed by atoms with van der Waals surface area (Å²) < 4.78 is 5.34. The van der Waals surface area contributed by atoms with E-state index in [0.717, 1.165) is 34.8 Å². The maximum atomic E-state index is 14.5. The number of ether oxygens (including phenoxy) is 1. The summed E-state index contributed by atoms with van der Waals surface area (Å²) in [5.41, 5.74) is 0.791. The highest BCUT2D eigenvalue weighted by molar-refractivity contribution is 7.10. The Balaban J connectivity index is 1.94. The van der Waals surface area contributed by atoms with Crippen LogP contribution >= 0.6 is 11.3 Å². The molecule has 0 aliphatic carbocycles. The Morgan fingerprint density at radius 3 is 2.44 bits per heavy atom. The van der Waals surface area contributed by atoms with Crippen LogP contribution in [0.2, 0.25) is 0 Å². The van der Waals surface area contributed by atoms with Gasteiger partial charge < -0.3 is 19.9 Å². The van der Waals surface area contributed by atoms with E-state index in [2.05, 4.69) is 10.2 Å². The number of hydrogen-bond acceptors (Lipinski definition) is 5. The van der Waals surface area contributed by atoms with Gasteiger partial charge in [0, 0.05) is 36.2 Å². The minimum atomic E-state index is -1.16. The fourth-order valence-electron chi connectivity index (χ4n) is 4.82. The first-order chi connectivity index (χ1) is 17.2. The number of amides is 2. The summed E-state index contributed by atoms with van der Waals surface area (Å²) in [6.45, 7) is 6.94. The Kier molecular flexibility index (Phi) is 7.41. The summed E-state index contributed by atoms with van der Waals surface area (Å²) in [6, 6.07) is 19.3. The molecule has 1 aliphatic heterocycles. The molecule has 2 amide bonds. The van der Waals surface area contributed by atoms with Gasteiger partial charge in [-0.3, -0.25) is 9.59 Å². The van der Waals surface area contributed by atoms with Crippen LogP contribution in [0.3, 0.4) is 0 Å². The third-order valence-corrected chi connectivity index (χ3v) is 7.60. The fourth-order valence-corrected chi connectivity index (χ4v) is 5.78. The van der Waals surface area contributed by atoms with Crippen molar-refractivity contribution in [3.63, 3.8) is 0 Å². The number of thiophene rings is 1. The first-order valence-corrected chi connectivity index (χ1v) is 13.2. The second-order valence-corrected chi connectivity index (χ2v) is 11.3. The lowest BCUT2D eigenvalue weighted by atomic mass is 9.86. The van der Waals surface area contributed by atoms with Crippen molar-refractivity contribution in [1.82, 2.24) is 10.2 Å². The van der Waals surface area contributed by atoms with Crippen LogP contribution in [-0.4, -0.2) is 43.0 Å². The molecule has 0 spiro atoms. The van der Waals surface area contributed by atoms with Crippen molar-refractivity contribution in [1.29, 1.82) is 0 Å². The lowest BCUT2D eigenvalue weighted by Gasteiger charge is -2.43. The van der Waals surface area contributed by atoms with E-state index in [1.54, 1.807) is 12.0 Å². The molecule has 190 valence electrons. The fraction of sp³-hybridized carbons (Fsp3) is 0.379. The number of nitrogens with one attached hydrogen (secondary N) is 1. The van der Waals surface area contributed by atoms with Gasteiger partial charge in [-0.2, -0.15) is 0 Å². The quantitative estimate of drug-likeness (QED) is 0.502. The number of methoxy groups -OCH3 is 1. The molecule has 3 aromatic rings. The second kappa shape index (κ2) is 10.3. The molecule has 1 aromatic heterocycles. The minimum absolute atomic E-state index is 0.152. The van der Waals surface area contributed by atoms with E-state index in [1.165, 1.54) is 11.3 Å². The van der Waals surface area contributed by atoms with Gasteiger partial charge in [0.05, 0.1) is 12.7 Å². The first kappa shape index (κ1) is 25.8. The average Bonchev–Trinajstić information content (AvgIpc) is 3.40. The van der Waals surface area contributed by atoms with Crippen LogP contribution in [0.1, 0.15) is 54.4 Å². The van der Waals surface area contributed by atoms with Crippen molar-refractivity contribution in [2.45, 2.75) is 51.2 Å². The zero-order valence-corrected chi connectivity index (χ0v) is 22.5. The van der Waals surface area contributed by atoms with Crippen LogP contribution in [-0.2, 0) is 16.9 Å². The predicted octanol–water partition coefficient (Wildman–Crippen LogP) is 5.44. The molecule has 4 rings (SSSR count). The molecular weight excluding hydrogens is 470 g/mol. The normalized spacial score (nSPS) is 18.6. The van der Waals surface area contributed by atoms with Gasteiger partial charge in [0.25, 0.3) is 11.8 Å². The Bertz CT molecular complexity index is 1200. The number of anilines is 1. The molecule has 0 fully saturated rings. The highest BCUT2D eigenvalue weighted by Gasteiger charge is 2.50. The van der Waals surface area contributed by atoms with E-state index in [-0.39, 0.29) is 18.4 Å². The number of para-hydroxylation sites is 1. The van der Waals surface area contributed by atoms with Gasteiger partial charge in [0.15, 0.2) is 5.54 Å². The van der Waals surface area contributed by atoms with Crippen LogP contribution < -0.4 is 15.0 Å². The van der Waals surface area contributed by atoms with E-state index >= 15 is 0 Å². The minimum Gasteiger partial charge on any atom is -0.497 e. The molecule has 1 atom stereocenters. The van der Waals surface area contributed by atoms with Gasteiger partial charge in [-0.25, -0.2) is 0 Å². The van der Waals surface area contributed by atoms with Crippen LogP contribution in [0, 0.1) is 0 Å². The monoisotopic (exact) mass is 505 g/mol. The van der Waals surface area contributed by atoms with Crippen molar-refractivity contribution >= 4 is 28.8 Å². The van der Waals surface area contributed by atoms with Gasteiger partial charge in [-0.15, -0.1) is 11.3 Å². The largest absolute Gasteiger partial charge is 0.497 e. The maximum Gasteiger partial charge on any atom is 0.257 e. The Labute approximate surface area is 217 Å². The number of hydrogen-bond donors (Lipinski definition) is 1. The molecule has 0 bridgehead atoms. The van der Waals surface area contributed by atoms with Crippen molar-refractivity contribution in [2.24, 2.45) is 0 Å². The van der Waals surface area contributed by atoms with Crippen molar-refractivity contribution in [3.8, 4) is 5.75 Å². The average molecular weight is 506 g/mol. The predicted molar refractivity (Wildman–Crippen MR) is 146 cm³/mol. The van der Waals surface area contributed by atoms with Crippen molar-refractivity contribution in [2.75, 3.05) is 25.6 Å². The third kappa shape index (κ3) is 5.12. The molecular formula is C29H35N3O3S. The van der Waals surface area contributed by atoms with E-state index in [9.17, 15) is 9.59 Å². The Morgan fingerprint density at radius 2 is 1.81 bits per heavy atom. The van der Waals surface area contributed by atoms with Gasteiger partial charge in [0.1, 0.15) is 5.75 Å². The zero-order chi connectivity index (χ0) is 25.9. The second-order valence-electron chi connectivity index (χ2n) is 10.3. The Morgan fingerprint density at radius 1 is 1.08 bits per heavy atom. The van der Waals surface area contributed by atoms with Crippen LogP contribution in [0.4, 0.5) is 5.69 Å². The molecule has 0 saturated heterocycles. The number of fused-ring (bicyclic) bond motifs is 1. The molecule has 1 N–H and O–H groups in total. The lowest BCUT2D eigenvalue weighted by Crippen LogP contribution is -2.60. The van der Waals surface area contributed by atoms with E-state index < -0.39 is 11.1 Å². The molecule has 0 saturated carbocycles. The number of benzene rings is 2. The van der Waals surface area contributed by atoms with Gasteiger partial charge in [0.2, 0.25) is 0 Å². The summed E-state index contributed by atoms with van der Waals surface area (Å²) in [5.74, 6) is 0.436. The van der Waals surface area contributed by atoms with Gasteiger partial charge >= 0.3 is 0 Å². The summed E-state index contributed by atoms with van der Waals surface area (Å²) in [6.07, 6.45) is 1.25. The molecule has 1 unspecified atom stereocenters. The lowest BCUT2D eigenvalue weighted by molar-refractivity contribution is -0.135. The first-order valence-electron chi connectivity index (χ1n) is 12.3. The van der Waals surface area contributed by atoms with E-state index in [4.69, 9.17) is 4.74 Å². The standard InChI is InChI=1S/C29H35N3O3S/c1-28(2,3)30-27(34)29(25-12-8-19-36-25)17-9-18-31(4)24-11-7-6-10-23(24)26(33)32(29)20-21-13-15-22(35-5)16-14-21/h6-8,10-16,19H,9,17-18,20H2,1-5H3,(H,30,34). The third-order valence-electron chi connectivity index (χ3n) is 6.58. The molecule has 6 nitrogen and oxygen atoms in total. The summed E-state index contributed by atoms with van der Waals surface area (Å²) in [7, 11) is 3.64. The van der Waals surface area contributed by atoms with Gasteiger partial charge in [-0.05, 0) is 74.9 Å². The molecule has 36 heavy (non-hydrogen) atoms. The molecule has 7 heteroatoms. The molecule has 2 aromatic carbocycles. The highest BCUT2D eigenvalue weighted by atomic mass is 32.1. The SMILES string of the molecule is COc1ccc(CN2C(=O)c3ccccc3N(C)CCCC2(C(=O)NC(C)(C)C)c2cccs2)cc1. The summed E-state index contributed by atoms with van der Waals surface area (Å²) >= 11 is 1.52. The number of rotatable bonds is 5. The van der Waals surface area contributed by atoms with Crippen LogP contribution in [0.25, 0.3) is 0 Å². The maximum absolute atomic E-state index is 14.5. The van der Waals surface area contributed by atoms with E-state index in [1.807, 2.05) is 93.9 Å². The molecule has 2 heterocycles. The summed E-state index contributed by atoms with van der Waals surface area (Å²) in [4.78, 5) is 33.6. The number of nitrogens with zero attached hydrogens (tertiary/aromatic N) is 2. The highest BCUT2D eigenvalue weighted by Crippen LogP contribution is 2.41. The number of carbonyl (C=O) groups excluding carboxylic acids is 2. The van der Waals surface area contributed by atoms with E-state index in [0.29, 0.717) is 12.0 Å². The molecule has 1 aliphatic rings. The topological polar surface area (TPSA) is 61.9 Å². The Hall–Kier alpha value is -3.32. The van der Waals surface area contributed by atoms with Crippen molar-refractivity contribution < 1.29 is 14.3 Å². The van der Waals surface area contributed by atoms with Crippen molar-refractivity contribution in [3.05, 3.63) is 82.0 Å². The zero-order valence-electron chi connectivity index (χ0n) is 21.7. The summed E-state index contributed by atoms with van der Waals surface area (Å²) in [5, 5.41) is 5.19. The van der Waals surface area contributed by atoms with Crippen LogP contribution in [0.15, 0.2) is 66.0 Å². The van der Waals surface area contributed by atoms with Gasteiger partial charge in [-0.1, -0.05) is 30.3 Å². The van der Waals surface area contributed by atoms with Crippen LogP contribution in [0.5, 0.6) is 5.75 Å². The smallest absolute Gasteiger partial charge is 0.257 e. The molecule has 0 radical (unpaired) electrons. The number of carbonyl (C=O) groups is 2.